The lowest BCUT2D eigenvalue weighted by molar-refractivity contribution is -0.137. The molecule has 0 radical (unpaired) electrons. The Bertz CT molecular complexity index is 462. The lowest BCUT2D eigenvalue weighted by atomic mass is 10.3. The predicted molar refractivity (Wildman–Crippen MR) is 59.8 cm³/mol. The van der Waals surface area contributed by atoms with Crippen molar-refractivity contribution in [2.75, 3.05) is 6.54 Å². The minimum Gasteiger partial charge on any atom is -0.480 e. The second-order valence-electron chi connectivity index (χ2n) is 3.67. The van der Waals surface area contributed by atoms with Crippen LogP contribution in [0.25, 0.3) is 0 Å². The van der Waals surface area contributed by atoms with Crippen molar-refractivity contribution in [3.8, 4) is 0 Å². The summed E-state index contributed by atoms with van der Waals surface area (Å²) in [6, 6.07) is 3.32. The number of carboxylic acid groups (broad SMARTS) is 1. The summed E-state index contributed by atoms with van der Waals surface area (Å²) in [6.07, 6.45) is 0.0526. The molecule has 92 valence electrons. The van der Waals surface area contributed by atoms with Crippen molar-refractivity contribution in [1.82, 2.24) is 9.88 Å². The SMILES string of the molecule is CC(=O)c1ccc(CC(=O)NCC(=O)O)n1C. The zero-order valence-corrected chi connectivity index (χ0v) is 9.69. The highest BCUT2D eigenvalue weighted by Crippen LogP contribution is 2.08. The molecular weight excluding hydrogens is 224 g/mol. The molecule has 6 heteroatoms. The standard InChI is InChI=1S/C11H14N2O4/c1-7(14)9-4-3-8(13(9)2)5-10(15)12-6-11(16)17/h3-4H,5-6H2,1-2H3,(H,12,15)(H,16,17). The van der Waals surface area contributed by atoms with E-state index in [1.165, 1.54) is 6.92 Å². The van der Waals surface area contributed by atoms with E-state index in [0.717, 1.165) is 0 Å². The maximum Gasteiger partial charge on any atom is 0.322 e. The number of ketones is 1. The van der Waals surface area contributed by atoms with Gasteiger partial charge >= 0.3 is 5.97 Å². The maximum atomic E-state index is 11.4. The molecular formula is C11H14N2O4. The average Bonchev–Trinajstić information content (AvgIpc) is 2.58. The number of aromatic nitrogens is 1. The average molecular weight is 238 g/mol. The van der Waals surface area contributed by atoms with Crippen LogP contribution in [-0.2, 0) is 23.1 Å². The van der Waals surface area contributed by atoms with E-state index >= 15 is 0 Å². The highest BCUT2D eigenvalue weighted by atomic mass is 16.4. The predicted octanol–water partition coefficient (Wildman–Crippen LogP) is -0.0290. The minimum absolute atomic E-state index is 0.0526. The van der Waals surface area contributed by atoms with E-state index in [1.807, 2.05) is 0 Å². The molecule has 1 aromatic rings. The van der Waals surface area contributed by atoms with Crippen LogP contribution in [0.15, 0.2) is 12.1 Å². The van der Waals surface area contributed by atoms with Crippen LogP contribution in [-0.4, -0.2) is 33.9 Å². The Labute approximate surface area is 98.2 Å². The first-order valence-electron chi connectivity index (χ1n) is 5.06. The highest BCUT2D eigenvalue weighted by Gasteiger charge is 2.12. The fourth-order valence-electron chi connectivity index (χ4n) is 1.49. The third-order valence-corrected chi connectivity index (χ3v) is 2.36. The van der Waals surface area contributed by atoms with Crippen molar-refractivity contribution < 1.29 is 19.5 Å². The number of rotatable bonds is 5. The maximum absolute atomic E-state index is 11.4. The monoisotopic (exact) mass is 238 g/mol. The van der Waals surface area contributed by atoms with Gasteiger partial charge in [-0.3, -0.25) is 14.4 Å². The molecule has 0 aliphatic heterocycles. The molecule has 17 heavy (non-hydrogen) atoms. The molecule has 1 rings (SSSR count). The second kappa shape index (κ2) is 5.29. The fraction of sp³-hybridized carbons (Fsp3) is 0.364. The van der Waals surface area contributed by atoms with Gasteiger partial charge in [-0.1, -0.05) is 0 Å². The molecule has 0 aliphatic rings. The summed E-state index contributed by atoms with van der Waals surface area (Å²) in [5.41, 5.74) is 1.18. The normalized spacial score (nSPS) is 10.0. The number of hydrogen-bond acceptors (Lipinski definition) is 3. The van der Waals surface area contributed by atoms with E-state index in [9.17, 15) is 14.4 Å². The summed E-state index contributed by atoms with van der Waals surface area (Å²) in [6.45, 7) is 1.05. The van der Waals surface area contributed by atoms with Crippen molar-refractivity contribution in [2.24, 2.45) is 7.05 Å². The fourth-order valence-corrected chi connectivity index (χ4v) is 1.49. The lowest BCUT2D eigenvalue weighted by Gasteiger charge is -2.05. The zero-order chi connectivity index (χ0) is 13.0. The number of nitrogens with zero attached hydrogens (tertiary/aromatic N) is 1. The van der Waals surface area contributed by atoms with Gasteiger partial charge < -0.3 is 15.0 Å². The van der Waals surface area contributed by atoms with Crippen molar-refractivity contribution in [1.29, 1.82) is 0 Å². The molecule has 1 heterocycles. The Morgan fingerprint density at radius 3 is 2.47 bits per heavy atom. The molecule has 0 spiro atoms. The molecule has 0 aromatic carbocycles. The van der Waals surface area contributed by atoms with Crippen LogP contribution in [0.5, 0.6) is 0 Å². The van der Waals surface area contributed by atoms with Crippen LogP contribution in [0.4, 0.5) is 0 Å². The number of carbonyl (C=O) groups is 3. The largest absolute Gasteiger partial charge is 0.480 e. The Morgan fingerprint density at radius 2 is 2.00 bits per heavy atom. The number of nitrogens with one attached hydrogen (secondary N) is 1. The van der Waals surface area contributed by atoms with E-state index in [-0.39, 0.29) is 18.1 Å². The van der Waals surface area contributed by atoms with E-state index in [0.29, 0.717) is 11.4 Å². The molecule has 0 saturated carbocycles. The number of amides is 1. The topological polar surface area (TPSA) is 88.4 Å². The number of Topliss-reactive ketones (excluding diaryl/α,β-unsaturated/α-hetero) is 1. The molecule has 0 saturated heterocycles. The number of carboxylic acids is 1. The Hall–Kier alpha value is -2.11. The molecule has 6 nitrogen and oxygen atoms in total. The van der Waals surface area contributed by atoms with E-state index in [1.54, 1.807) is 23.7 Å². The first-order valence-corrected chi connectivity index (χ1v) is 5.06. The number of hydrogen-bond donors (Lipinski definition) is 2. The number of carbonyl (C=O) groups excluding carboxylic acids is 2. The van der Waals surface area contributed by atoms with Gasteiger partial charge in [0.2, 0.25) is 5.91 Å². The summed E-state index contributed by atoms with van der Waals surface area (Å²) < 4.78 is 1.63. The van der Waals surface area contributed by atoms with Crippen LogP contribution < -0.4 is 5.32 Å². The van der Waals surface area contributed by atoms with Crippen molar-refractivity contribution in [3.05, 3.63) is 23.5 Å². The van der Waals surface area contributed by atoms with Gasteiger partial charge in [-0.15, -0.1) is 0 Å². The summed E-state index contributed by atoms with van der Waals surface area (Å²) in [7, 11) is 1.69. The van der Waals surface area contributed by atoms with Crippen molar-refractivity contribution >= 4 is 17.7 Å². The van der Waals surface area contributed by atoms with Gasteiger partial charge in [-0.25, -0.2) is 0 Å². The molecule has 1 amide bonds. The van der Waals surface area contributed by atoms with E-state index in [4.69, 9.17) is 5.11 Å². The van der Waals surface area contributed by atoms with Gasteiger partial charge in [0.1, 0.15) is 6.54 Å². The van der Waals surface area contributed by atoms with Crippen LogP contribution in [0, 0.1) is 0 Å². The highest BCUT2D eigenvalue weighted by molar-refractivity contribution is 5.93. The van der Waals surface area contributed by atoms with Crippen molar-refractivity contribution in [2.45, 2.75) is 13.3 Å². The van der Waals surface area contributed by atoms with Gasteiger partial charge in [0.25, 0.3) is 0 Å². The van der Waals surface area contributed by atoms with Crippen LogP contribution in [0.1, 0.15) is 23.1 Å². The molecule has 1 aromatic heterocycles. The summed E-state index contributed by atoms with van der Waals surface area (Å²) >= 11 is 0. The molecule has 0 aliphatic carbocycles. The quantitative estimate of drug-likeness (QED) is 0.705. The van der Waals surface area contributed by atoms with Crippen molar-refractivity contribution in [3.63, 3.8) is 0 Å². The van der Waals surface area contributed by atoms with Crippen LogP contribution in [0.2, 0.25) is 0 Å². The molecule has 0 bridgehead atoms. The van der Waals surface area contributed by atoms with Gasteiger partial charge in [-0.05, 0) is 12.1 Å². The first-order chi connectivity index (χ1) is 7.91. The Balaban J connectivity index is 2.66. The van der Waals surface area contributed by atoms with E-state index < -0.39 is 12.5 Å². The van der Waals surface area contributed by atoms with Crippen LogP contribution >= 0.6 is 0 Å². The minimum atomic E-state index is -1.09. The Kier molecular flexibility index (Phi) is 4.03. The third-order valence-electron chi connectivity index (χ3n) is 2.36. The summed E-state index contributed by atoms with van der Waals surface area (Å²) in [4.78, 5) is 32.8. The summed E-state index contributed by atoms with van der Waals surface area (Å²) in [5, 5.41) is 10.7. The lowest BCUT2D eigenvalue weighted by Crippen LogP contribution is -2.31. The van der Waals surface area contributed by atoms with Crippen LogP contribution in [0.3, 0.4) is 0 Å². The Morgan fingerprint density at radius 1 is 1.35 bits per heavy atom. The first kappa shape index (κ1) is 13.0. The van der Waals surface area contributed by atoms with E-state index in [2.05, 4.69) is 5.32 Å². The third kappa shape index (κ3) is 3.44. The van der Waals surface area contributed by atoms with Gasteiger partial charge in [0.05, 0.1) is 12.1 Å². The van der Waals surface area contributed by atoms with Gasteiger partial charge in [-0.2, -0.15) is 0 Å². The van der Waals surface area contributed by atoms with Gasteiger partial charge in [0, 0.05) is 19.7 Å². The summed E-state index contributed by atoms with van der Waals surface area (Å²) in [5.74, 6) is -1.55. The smallest absolute Gasteiger partial charge is 0.322 e. The second-order valence-corrected chi connectivity index (χ2v) is 3.67. The molecule has 2 N–H and O–H groups in total. The number of aliphatic carboxylic acids is 1. The molecule has 0 atom stereocenters. The molecule has 0 fully saturated rings. The zero-order valence-electron chi connectivity index (χ0n) is 9.69. The molecule has 0 unspecified atom stereocenters. The van der Waals surface area contributed by atoms with Gasteiger partial charge in [0.15, 0.2) is 5.78 Å².